The lowest BCUT2D eigenvalue weighted by Gasteiger charge is -2.36. The molecule has 2 unspecified atom stereocenters. The van der Waals surface area contributed by atoms with Crippen LogP contribution in [-0.4, -0.2) is 48.6 Å². The Morgan fingerprint density at radius 3 is 2.94 bits per heavy atom. The highest BCUT2D eigenvalue weighted by Gasteiger charge is 2.33. The van der Waals surface area contributed by atoms with Gasteiger partial charge in [0.15, 0.2) is 5.03 Å². The summed E-state index contributed by atoms with van der Waals surface area (Å²) in [7, 11) is -3.40. The highest BCUT2D eigenvalue weighted by atomic mass is 32.2. The maximum absolute atomic E-state index is 12.3. The lowest BCUT2D eigenvalue weighted by Crippen LogP contribution is -2.50. The zero-order chi connectivity index (χ0) is 13.2. The van der Waals surface area contributed by atoms with Crippen molar-refractivity contribution in [1.29, 1.82) is 0 Å². The van der Waals surface area contributed by atoms with Crippen LogP contribution in [0, 0.1) is 5.92 Å². The minimum absolute atomic E-state index is 0.177. The molecule has 1 aliphatic heterocycles. The second kappa shape index (κ2) is 5.38. The van der Waals surface area contributed by atoms with Gasteiger partial charge in [0.2, 0.25) is 0 Å². The van der Waals surface area contributed by atoms with Gasteiger partial charge < -0.3 is 5.32 Å². The van der Waals surface area contributed by atoms with E-state index in [1.807, 2.05) is 0 Å². The number of aromatic nitrogens is 2. The highest BCUT2D eigenvalue weighted by Crippen LogP contribution is 2.22. The molecule has 2 N–H and O–H groups in total. The maximum atomic E-state index is 12.3. The lowest BCUT2D eigenvalue weighted by molar-refractivity contribution is 0.222. The monoisotopic (exact) mass is 272 g/mol. The third-order valence-corrected chi connectivity index (χ3v) is 5.22. The summed E-state index contributed by atoms with van der Waals surface area (Å²) in [4.78, 5) is 0. The lowest BCUT2D eigenvalue weighted by atomic mass is 9.95. The Morgan fingerprint density at radius 1 is 1.61 bits per heavy atom. The molecule has 1 aromatic rings. The SMILES string of the molecule is CCNC1CCN(S(=O)(=O)c2ccn[nH]2)CC1C. The fraction of sp³-hybridized carbons (Fsp3) is 0.727. The molecule has 18 heavy (non-hydrogen) atoms. The van der Waals surface area contributed by atoms with E-state index in [-0.39, 0.29) is 5.03 Å². The van der Waals surface area contributed by atoms with Crippen molar-refractivity contribution in [3.63, 3.8) is 0 Å². The molecule has 0 saturated carbocycles. The molecule has 0 spiro atoms. The second-order valence-corrected chi connectivity index (χ2v) is 6.62. The number of rotatable bonds is 4. The fourth-order valence-electron chi connectivity index (χ4n) is 2.42. The molecular formula is C11H20N4O2S. The van der Waals surface area contributed by atoms with E-state index in [4.69, 9.17) is 0 Å². The number of hydrogen-bond donors (Lipinski definition) is 2. The minimum Gasteiger partial charge on any atom is -0.314 e. The van der Waals surface area contributed by atoms with Crippen molar-refractivity contribution in [2.45, 2.75) is 31.3 Å². The first-order chi connectivity index (χ1) is 8.55. The van der Waals surface area contributed by atoms with E-state index in [9.17, 15) is 8.42 Å². The Balaban J connectivity index is 2.09. The van der Waals surface area contributed by atoms with Gasteiger partial charge in [-0.3, -0.25) is 5.10 Å². The van der Waals surface area contributed by atoms with Crippen LogP contribution in [-0.2, 0) is 10.0 Å². The average molecular weight is 272 g/mol. The third-order valence-electron chi connectivity index (χ3n) is 3.43. The van der Waals surface area contributed by atoms with Crippen molar-refractivity contribution >= 4 is 10.0 Å². The normalized spacial score (nSPS) is 26.3. The van der Waals surface area contributed by atoms with E-state index in [0.717, 1.165) is 13.0 Å². The standard InChI is InChI=1S/C11H20N4O2S/c1-3-12-10-5-7-15(8-9(10)2)18(16,17)11-4-6-13-14-11/h4,6,9-10,12H,3,5,7-8H2,1-2H3,(H,13,14). The number of piperidine rings is 1. The van der Waals surface area contributed by atoms with E-state index in [2.05, 4.69) is 29.4 Å². The molecule has 0 aromatic carbocycles. The third kappa shape index (κ3) is 2.57. The van der Waals surface area contributed by atoms with Gasteiger partial charge in [0.05, 0.1) is 6.20 Å². The van der Waals surface area contributed by atoms with Crippen LogP contribution in [0.4, 0.5) is 0 Å². The molecule has 2 rings (SSSR count). The van der Waals surface area contributed by atoms with E-state index in [1.165, 1.54) is 12.3 Å². The largest absolute Gasteiger partial charge is 0.314 e. The molecule has 1 aromatic heterocycles. The molecule has 1 aliphatic rings. The molecule has 0 amide bonds. The number of aromatic amines is 1. The molecular weight excluding hydrogens is 252 g/mol. The quantitative estimate of drug-likeness (QED) is 0.832. The number of sulfonamides is 1. The molecule has 0 bridgehead atoms. The minimum atomic E-state index is -3.40. The maximum Gasteiger partial charge on any atom is 0.259 e. The Hall–Kier alpha value is -0.920. The predicted octanol–water partition coefficient (Wildman–Crippen LogP) is 0.418. The molecule has 1 fully saturated rings. The average Bonchev–Trinajstić information content (AvgIpc) is 2.86. The van der Waals surface area contributed by atoms with E-state index < -0.39 is 10.0 Å². The number of hydrogen-bond acceptors (Lipinski definition) is 4. The summed E-state index contributed by atoms with van der Waals surface area (Å²) in [5.74, 6) is 0.316. The summed E-state index contributed by atoms with van der Waals surface area (Å²) in [6.45, 7) is 6.19. The Bertz CT molecular complexity index is 471. The first-order valence-corrected chi connectivity index (χ1v) is 7.72. The molecule has 1 saturated heterocycles. The van der Waals surface area contributed by atoms with Gasteiger partial charge in [-0.15, -0.1) is 0 Å². The number of nitrogens with zero attached hydrogens (tertiary/aromatic N) is 2. The Labute approximate surface area is 108 Å². The van der Waals surface area contributed by atoms with Crippen LogP contribution in [0.1, 0.15) is 20.3 Å². The molecule has 6 nitrogen and oxygen atoms in total. The summed E-state index contributed by atoms with van der Waals surface area (Å²) in [5, 5.41) is 9.81. The van der Waals surface area contributed by atoms with E-state index >= 15 is 0 Å². The molecule has 102 valence electrons. The molecule has 0 radical (unpaired) electrons. The molecule has 0 aliphatic carbocycles. The summed E-state index contributed by atoms with van der Waals surface area (Å²) >= 11 is 0. The Morgan fingerprint density at radius 2 is 2.39 bits per heavy atom. The first-order valence-electron chi connectivity index (χ1n) is 6.28. The van der Waals surface area contributed by atoms with Gasteiger partial charge in [-0.2, -0.15) is 9.40 Å². The summed E-state index contributed by atoms with van der Waals surface area (Å²) in [6.07, 6.45) is 2.31. The fourth-order valence-corrected chi connectivity index (χ4v) is 3.87. The first kappa shape index (κ1) is 13.5. The van der Waals surface area contributed by atoms with Crippen LogP contribution in [0.25, 0.3) is 0 Å². The van der Waals surface area contributed by atoms with Gasteiger partial charge in [0, 0.05) is 19.1 Å². The van der Waals surface area contributed by atoms with Gasteiger partial charge in [0.1, 0.15) is 0 Å². The van der Waals surface area contributed by atoms with E-state index in [0.29, 0.717) is 25.0 Å². The van der Waals surface area contributed by atoms with E-state index in [1.54, 1.807) is 4.31 Å². The molecule has 7 heteroatoms. The smallest absolute Gasteiger partial charge is 0.259 e. The van der Waals surface area contributed by atoms with Crippen LogP contribution in [0.3, 0.4) is 0 Å². The number of nitrogens with one attached hydrogen (secondary N) is 2. The van der Waals surface area contributed by atoms with Crippen molar-refractivity contribution in [3.8, 4) is 0 Å². The van der Waals surface area contributed by atoms with Gasteiger partial charge in [-0.05, 0) is 24.9 Å². The van der Waals surface area contributed by atoms with Crippen LogP contribution >= 0.6 is 0 Å². The zero-order valence-corrected chi connectivity index (χ0v) is 11.6. The predicted molar refractivity (Wildman–Crippen MR) is 68.6 cm³/mol. The molecule has 2 atom stereocenters. The summed E-state index contributed by atoms with van der Waals surface area (Å²) in [5.41, 5.74) is 0. The summed E-state index contributed by atoms with van der Waals surface area (Å²) in [6, 6.07) is 1.90. The van der Waals surface area contributed by atoms with Crippen molar-refractivity contribution in [2.24, 2.45) is 5.92 Å². The Kier molecular flexibility index (Phi) is 4.04. The topological polar surface area (TPSA) is 78.1 Å². The summed E-state index contributed by atoms with van der Waals surface area (Å²) < 4.78 is 26.1. The molecule has 2 heterocycles. The van der Waals surface area contributed by atoms with Crippen LogP contribution < -0.4 is 5.32 Å². The van der Waals surface area contributed by atoms with Crippen LogP contribution in [0.5, 0.6) is 0 Å². The van der Waals surface area contributed by atoms with Gasteiger partial charge in [-0.1, -0.05) is 13.8 Å². The van der Waals surface area contributed by atoms with Crippen molar-refractivity contribution in [1.82, 2.24) is 19.8 Å². The van der Waals surface area contributed by atoms with Gasteiger partial charge >= 0.3 is 0 Å². The van der Waals surface area contributed by atoms with Crippen molar-refractivity contribution < 1.29 is 8.42 Å². The zero-order valence-electron chi connectivity index (χ0n) is 10.8. The second-order valence-electron chi connectivity index (χ2n) is 4.71. The number of H-pyrrole nitrogens is 1. The van der Waals surface area contributed by atoms with Gasteiger partial charge in [0.25, 0.3) is 10.0 Å². The highest BCUT2D eigenvalue weighted by molar-refractivity contribution is 7.89. The van der Waals surface area contributed by atoms with Crippen LogP contribution in [0.2, 0.25) is 0 Å². The van der Waals surface area contributed by atoms with Crippen molar-refractivity contribution in [2.75, 3.05) is 19.6 Å². The van der Waals surface area contributed by atoms with Gasteiger partial charge in [-0.25, -0.2) is 8.42 Å². The van der Waals surface area contributed by atoms with Crippen LogP contribution in [0.15, 0.2) is 17.3 Å². The van der Waals surface area contributed by atoms with Crippen molar-refractivity contribution in [3.05, 3.63) is 12.3 Å².